The van der Waals surface area contributed by atoms with Crippen molar-refractivity contribution >= 4 is 59.2 Å². The molecule has 4 aromatic rings. The molecule has 210 valence electrons. The standard InChI is InChI=1S/C26H26N4O7S3/c1-3-37-24(31)14-15-30-22-13-12-19(39(27,33)34)16-23(22)38-26(30)28-25(32)20-6-4-5-7-21(20)29-40(35,36)18-10-8-17(2)9-11-18/h4-13,16,29H,3,14-15H2,1-2H3,(H2,27,33,34). The first-order valence-electron chi connectivity index (χ1n) is 12.0. The van der Waals surface area contributed by atoms with Crippen LogP contribution in [-0.4, -0.2) is 39.9 Å². The van der Waals surface area contributed by atoms with Crippen molar-refractivity contribution in [3.63, 3.8) is 0 Å². The van der Waals surface area contributed by atoms with Crippen LogP contribution in [0.15, 0.2) is 81.5 Å². The van der Waals surface area contributed by atoms with Crippen LogP contribution in [0.2, 0.25) is 0 Å². The number of ether oxygens (including phenoxy) is 1. The summed E-state index contributed by atoms with van der Waals surface area (Å²) in [6.45, 7) is 3.82. The van der Waals surface area contributed by atoms with E-state index in [2.05, 4.69) is 9.71 Å². The second-order valence-electron chi connectivity index (χ2n) is 8.65. The van der Waals surface area contributed by atoms with Crippen LogP contribution < -0.4 is 14.7 Å². The van der Waals surface area contributed by atoms with Crippen molar-refractivity contribution in [1.82, 2.24) is 4.57 Å². The third-order valence-corrected chi connectivity index (χ3v) is 9.09. The maximum Gasteiger partial charge on any atom is 0.307 e. The molecule has 0 radical (unpaired) electrons. The van der Waals surface area contributed by atoms with Crippen LogP contribution in [0.5, 0.6) is 0 Å². The van der Waals surface area contributed by atoms with Gasteiger partial charge in [-0.05, 0) is 56.3 Å². The number of hydrogen-bond acceptors (Lipinski definition) is 8. The summed E-state index contributed by atoms with van der Waals surface area (Å²) in [4.78, 5) is 29.7. The van der Waals surface area contributed by atoms with Crippen molar-refractivity contribution in [3.05, 3.63) is 82.7 Å². The average molecular weight is 603 g/mol. The third-order valence-electron chi connectivity index (χ3n) is 5.76. The number of fused-ring (bicyclic) bond motifs is 1. The Morgan fingerprint density at radius 3 is 2.35 bits per heavy atom. The second-order valence-corrected chi connectivity index (χ2v) is 12.9. The van der Waals surface area contributed by atoms with Gasteiger partial charge in [-0.1, -0.05) is 41.2 Å². The number of aromatic nitrogens is 1. The molecule has 0 spiro atoms. The Morgan fingerprint density at radius 1 is 1.00 bits per heavy atom. The van der Waals surface area contributed by atoms with E-state index in [0.29, 0.717) is 10.2 Å². The number of nitrogens with two attached hydrogens (primary N) is 1. The highest BCUT2D eigenvalue weighted by molar-refractivity contribution is 7.92. The molecule has 14 heteroatoms. The molecular formula is C26H26N4O7S3. The fraction of sp³-hybridized carbons (Fsp3) is 0.192. The lowest BCUT2D eigenvalue weighted by Crippen LogP contribution is -2.20. The van der Waals surface area contributed by atoms with Crippen LogP contribution in [0.3, 0.4) is 0 Å². The summed E-state index contributed by atoms with van der Waals surface area (Å²) in [5.41, 5.74) is 1.45. The summed E-state index contributed by atoms with van der Waals surface area (Å²) < 4.78 is 59.2. The molecule has 11 nitrogen and oxygen atoms in total. The molecule has 0 bridgehead atoms. The molecule has 0 atom stereocenters. The monoisotopic (exact) mass is 602 g/mol. The van der Waals surface area contributed by atoms with Crippen molar-refractivity contribution in [2.75, 3.05) is 11.3 Å². The van der Waals surface area contributed by atoms with E-state index in [-0.39, 0.29) is 45.4 Å². The first kappa shape index (κ1) is 29.1. The summed E-state index contributed by atoms with van der Waals surface area (Å²) in [5.74, 6) is -1.20. The highest BCUT2D eigenvalue weighted by atomic mass is 32.2. The number of aryl methyl sites for hydroxylation is 2. The lowest BCUT2D eigenvalue weighted by molar-refractivity contribution is -0.143. The fourth-order valence-electron chi connectivity index (χ4n) is 3.79. The van der Waals surface area contributed by atoms with Gasteiger partial charge in [0.15, 0.2) is 4.80 Å². The molecule has 40 heavy (non-hydrogen) atoms. The van der Waals surface area contributed by atoms with Gasteiger partial charge in [0.25, 0.3) is 15.9 Å². The van der Waals surface area contributed by atoms with Crippen molar-refractivity contribution in [1.29, 1.82) is 0 Å². The van der Waals surface area contributed by atoms with E-state index in [9.17, 15) is 26.4 Å². The minimum atomic E-state index is -4.00. The van der Waals surface area contributed by atoms with E-state index in [1.165, 1.54) is 42.5 Å². The normalized spacial score (nSPS) is 12.4. The molecule has 0 saturated carbocycles. The summed E-state index contributed by atoms with van der Waals surface area (Å²) in [5, 5.41) is 5.27. The zero-order valence-corrected chi connectivity index (χ0v) is 24.0. The third kappa shape index (κ3) is 6.65. The number of para-hydroxylation sites is 1. The molecule has 1 heterocycles. The smallest absolute Gasteiger partial charge is 0.307 e. The molecule has 1 amide bonds. The number of rotatable bonds is 9. The Hall–Kier alpha value is -3.85. The van der Waals surface area contributed by atoms with Gasteiger partial charge in [-0.15, -0.1) is 0 Å². The van der Waals surface area contributed by atoms with Gasteiger partial charge < -0.3 is 9.30 Å². The molecule has 4 rings (SSSR count). The highest BCUT2D eigenvalue weighted by Gasteiger charge is 2.20. The molecule has 3 aromatic carbocycles. The second kappa shape index (κ2) is 11.7. The van der Waals surface area contributed by atoms with Gasteiger partial charge >= 0.3 is 5.97 Å². The van der Waals surface area contributed by atoms with Crippen molar-refractivity contribution in [2.24, 2.45) is 10.1 Å². The zero-order chi connectivity index (χ0) is 29.1. The Bertz CT molecular complexity index is 1880. The molecule has 0 aliphatic rings. The number of carbonyl (C=O) groups is 2. The molecule has 0 aliphatic heterocycles. The van der Waals surface area contributed by atoms with Crippen molar-refractivity contribution < 1.29 is 31.2 Å². The molecular weight excluding hydrogens is 577 g/mol. The van der Waals surface area contributed by atoms with Gasteiger partial charge in [-0.2, -0.15) is 4.99 Å². The Labute approximate surface area is 235 Å². The summed E-state index contributed by atoms with van der Waals surface area (Å²) in [7, 11) is -7.98. The maximum absolute atomic E-state index is 13.4. The number of benzene rings is 3. The van der Waals surface area contributed by atoms with E-state index >= 15 is 0 Å². The summed E-state index contributed by atoms with van der Waals surface area (Å²) >= 11 is 1.02. The fourth-order valence-corrected chi connectivity index (χ4v) is 6.58. The molecule has 1 aromatic heterocycles. The maximum atomic E-state index is 13.4. The van der Waals surface area contributed by atoms with Gasteiger partial charge in [0.2, 0.25) is 10.0 Å². The van der Waals surface area contributed by atoms with E-state index in [0.717, 1.165) is 16.9 Å². The van der Waals surface area contributed by atoms with Crippen molar-refractivity contribution in [2.45, 2.75) is 36.6 Å². The zero-order valence-electron chi connectivity index (χ0n) is 21.5. The molecule has 0 fully saturated rings. The number of carbonyl (C=O) groups excluding carboxylic acids is 2. The number of anilines is 1. The van der Waals surface area contributed by atoms with Gasteiger partial charge in [-0.3, -0.25) is 14.3 Å². The number of nitrogens with one attached hydrogen (secondary N) is 1. The Morgan fingerprint density at radius 2 is 1.68 bits per heavy atom. The molecule has 0 unspecified atom stereocenters. The minimum Gasteiger partial charge on any atom is -0.466 e. The topological polar surface area (TPSA) is 167 Å². The van der Waals surface area contributed by atoms with Crippen molar-refractivity contribution in [3.8, 4) is 0 Å². The molecule has 3 N–H and O–H groups in total. The lowest BCUT2D eigenvalue weighted by Gasteiger charge is -2.11. The summed E-state index contributed by atoms with van der Waals surface area (Å²) in [6, 6.07) is 16.5. The van der Waals surface area contributed by atoms with Crippen LogP contribution in [0.1, 0.15) is 29.3 Å². The predicted octanol–water partition coefficient (Wildman–Crippen LogP) is 3.15. The van der Waals surface area contributed by atoms with E-state index < -0.39 is 31.9 Å². The summed E-state index contributed by atoms with van der Waals surface area (Å²) in [6.07, 6.45) is -0.0229. The number of hydrogen-bond donors (Lipinski definition) is 2. The van der Waals surface area contributed by atoms with E-state index in [1.807, 2.05) is 6.92 Å². The number of sulfonamides is 2. The number of amides is 1. The van der Waals surface area contributed by atoms with Crippen LogP contribution in [-0.2, 0) is 36.1 Å². The van der Waals surface area contributed by atoms with Gasteiger partial charge in [0.05, 0.1) is 44.3 Å². The molecule has 0 saturated heterocycles. The van der Waals surface area contributed by atoms with E-state index in [4.69, 9.17) is 9.88 Å². The van der Waals surface area contributed by atoms with E-state index in [1.54, 1.807) is 35.8 Å². The number of nitrogens with zero attached hydrogens (tertiary/aromatic N) is 2. The number of thiazole rings is 1. The quantitative estimate of drug-likeness (QED) is 0.278. The Kier molecular flexibility index (Phi) is 8.54. The predicted molar refractivity (Wildman–Crippen MR) is 151 cm³/mol. The average Bonchev–Trinajstić information content (AvgIpc) is 3.23. The van der Waals surface area contributed by atoms with Crippen LogP contribution in [0.25, 0.3) is 10.2 Å². The number of esters is 1. The first-order chi connectivity index (χ1) is 18.9. The largest absolute Gasteiger partial charge is 0.466 e. The molecule has 0 aliphatic carbocycles. The van der Waals surface area contributed by atoms with Gasteiger partial charge in [0.1, 0.15) is 0 Å². The van der Waals surface area contributed by atoms with Gasteiger partial charge in [0, 0.05) is 6.54 Å². The van der Waals surface area contributed by atoms with Gasteiger partial charge in [-0.25, -0.2) is 22.0 Å². The van der Waals surface area contributed by atoms with Crippen LogP contribution >= 0.6 is 11.3 Å². The lowest BCUT2D eigenvalue weighted by atomic mass is 10.2. The van der Waals surface area contributed by atoms with Crippen LogP contribution in [0, 0.1) is 6.92 Å². The number of primary sulfonamides is 1. The SMILES string of the molecule is CCOC(=O)CCn1c(=NC(=O)c2ccccc2NS(=O)(=O)c2ccc(C)cc2)sc2cc(S(N)(=O)=O)ccc21. The van der Waals surface area contributed by atoms with Crippen LogP contribution in [0.4, 0.5) is 5.69 Å². The Balaban J connectivity index is 1.77. The highest BCUT2D eigenvalue weighted by Crippen LogP contribution is 2.24. The first-order valence-corrected chi connectivity index (χ1v) is 15.8. The minimum absolute atomic E-state index is 0.00203.